The minimum Gasteiger partial charge on any atom is -0.354 e. The monoisotopic (exact) mass is 312 g/mol. The Morgan fingerprint density at radius 3 is 2.67 bits per heavy atom. The van der Waals surface area contributed by atoms with Crippen molar-refractivity contribution in [1.82, 2.24) is 20.3 Å². The second-order valence-electron chi connectivity index (χ2n) is 5.12. The van der Waals surface area contributed by atoms with Gasteiger partial charge < -0.3 is 15.5 Å². The molecule has 0 aliphatic carbocycles. The Kier molecular flexibility index (Phi) is 5.55. The van der Waals surface area contributed by atoms with Crippen molar-refractivity contribution in [1.29, 1.82) is 0 Å². The van der Waals surface area contributed by atoms with E-state index in [9.17, 15) is 4.79 Å². The molecule has 1 aromatic rings. The van der Waals surface area contributed by atoms with Gasteiger partial charge in [0, 0.05) is 32.6 Å². The van der Waals surface area contributed by atoms with Crippen LogP contribution in [-0.2, 0) is 4.79 Å². The highest BCUT2D eigenvalue weighted by Gasteiger charge is 2.22. The van der Waals surface area contributed by atoms with E-state index >= 15 is 0 Å². The number of carbonyl (C=O) groups is 1. The summed E-state index contributed by atoms with van der Waals surface area (Å²) in [6.07, 6.45) is 2.74. The first-order valence-electron chi connectivity index (χ1n) is 7.26. The topological polar surface area (TPSA) is 83.0 Å². The van der Waals surface area contributed by atoms with E-state index in [1.54, 1.807) is 6.92 Å². The third-order valence-electron chi connectivity index (χ3n) is 3.31. The van der Waals surface area contributed by atoms with Crippen LogP contribution in [0.4, 0.5) is 11.9 Å². The molecule has 0 aromatic carbocycles. The minimum absolute atomic E-state index is 0.0164. The van der Waals surface area contributed by atoms with Crippen LogP contribution in [0.15, 0.2) is 0 Å². The predicted octanol–water partition coefficient (Wildman–Crippen LogP) is 1.45. The number of amides is 1. The molecule has 0 bridgehead atoms. The van der Waals surface area contributed by atoms with Crippen molar-refractivity contribution in [2.75, 3.05) is 29.9 Å². The number of hydrogen-bond acceptors (Lipinski definition) is 6. The molecule has 7 nitrogen and oxygen atoms in total. The van der Waals surface area contributed by atoms with Gasteiger partial charge in [-0.05, 0) is 30.9 Å². The van der Waals surface area contributed by atoms with E-state index in [0.29, 0.717) is 11.9 Å². The van der Waals surface area contributed by atoms with Crippen LogP contribution in [0.2, 0.25) is 5.28 Å². The maximum Gasteiger partial charge on any atom is 0.231 e. The number of piperidine rings is 1. The van der Waals surface area contributed by atoms with E-state index < -0.39 is 0 Å². The van der Waals surface area contributed by atoms with Gasteiger partial charge in [0.25, 0.3) is 0 Å². The third-order valence-corrected chi connectivity index (χ3v) is 3.48. The normalized spacial score (nSPS) is 15.9. The third kappa shape index (κ3) is 4.70. The van der Waals surface area contributed by atoms with Crippen molar-refractivity contribution in [2.24, 2.45) is 0 Å². The van der Waals surface area contributed by atoms with Crippen LogP contribution in [-0.4, -0.2) is 46.5 Å². The minimum atomic E-state index is 0.0164. The van der Waals surface area contributed by atoms with Crippen molar-refractivity contribution in [2.45, 2.75) is 39.2 Å². The number of halogens is 1. The Morgan fingerprint density at radius 1 is 1.33 bits per heavy atom. The highest BCUT2D eigenvalue weighted by atomic mass is 35.5. The van der Waals surface area contributed by atoms with Gasteiger partial charge >= 0.3 is 0 Å². The number of hydrogen-bond donors (Lipinski definition) is 2. The summed E-state index contributed by atoms with van der Waals surface area (Å²) in [5.74, 6) is 1.12. The largest absolute Gasteiger partial charge is 0.354 e. The predicted molar refractivity (Wildman–Crippen MR) is 82.7 cm³/mol. The second kappa shape index (κ2) is 7.40. The lowest BCUT2D eigenvalue weighted by molar-refractivity contribution is -0.119. The SMILES string of the molecule is CCCNc1nc(Cl)nc(N2CCC(NC(C)=O)CC2)n1. The Balaban J connectivity index is 1.99. The lowest BCUT2D eigenvalue weighted by Crippen LogP contribution is -2.44. The molecule has 8 heteroatoms. The van der Waals surface area contributed by atoms with Crippen LogP contribution >= 0.6 is 11.6 Å². The zero-order chi connectivity index (χ0) is 15.2. The summed E-state index contributed by atoms with van der Waals surface area (Å²) in [7, 11) is 0. The van der Waals surface area contributed by atoms with E-state index in [4.69, 9.17) is 11.6 Å². The summed E-state index contributed by atoms with van der Waals surface area (Å²) < 4.78 is 0. The zero-order valence-electron chi connectivity index (χ0n) is 12.4. The van der Waals surface area contributed by atoms with E-state index in [0.717, 1.165) is 38.9 Å². The molecule has 1 fully saturated rings. The molecule has 1 aliphatic rings. The van der Waals surface area contributed by atoms with Gasteiger partial charge in [-0.1, -0.05) is 6.92 Å². The van der Waals surface area contributed by atoms with Crippen molar-refractivity contribution in [3.8, 4) is 0 Å². The zero-order valence-corrected chi connectivity index (χ0v) is 13.2. The van der Waals surface area contributed by atoms with Crippen LogP contribution < -0.4 is 15.5 Å². The highest BCUT2D eigenvalue weighted by molar-refractivity contribution is 6.28. The molecule has 0 atom stereocenters. The van der Waals surface area contributed by atoms with Gasteiger partial charge in [0.1, 0.15) is 0 Å². The molecule has 1 amide bonds. The van der Waals surface area contributed by atoms with Gasteiger partial charge in [-0.3, -0.25) is 4.79 Å². The first-order chi connectivity index (χ1) is 10.1. The van der Waals surface area contributed by atoms with Crippen LogP contribution in [0.5, 0.6) is 0 Å². The molecular weight excluding hydrogens is 292 g/mol. The molecule has 21 heavy (non-hydrogen) atoms. The Morgan fingerprint density at radius 2 is 2.05 bits per heavy atom. The average Bonchev–Trinajstić information content (AvgIpc) is 2.44. The number of nitrogens with zero attached hydrogens (tertiary/aromatic N) is 4. The lowest BCUT2D eigenvalue weighted by Gasteiger charge is -2.32. The number of aromatic nitrogens is 3. The van der Waals surface area contributed by atoms with Crippen LogP contribution in [0.3, 0.4) is 0 Å². The number of rotatable bonds is 5. The molecule has 0 radical (unpaired) electrons. The highest BCUT2D eigenvalue weighted by Crippen LogP contribution is 2.19. The Hall–Kier alpha value is -1.63. The van der Waals surface area contributed by atoms with Crippen LogP contribution in [0, 0.1) is 0 Å². The van der Waals surface area contributed by atoms with Gasteiger partial charge in [0.15, 0.2) is 0 Å². The number of carbonyl (C=O) groups excluding carboxylic acids is 1. The molecule has 1 aromatic heterocycles. The summed E-state index contributed by atoms with van der Waals surface area (Å²) in [5, 5.41) is 6.26. The summed E-state index contributed by atoms with van der Waals surface area (Å²) in [6, 6.07) is 0.230. The molecule has 2 rings (SSSR count). The van der Waals surface area contributed by atoms with E-state index in [-0.39, 0.29) is 17.2 Å². The summed E-state index contributed by atoms with van der Waals surface area (Å²) in [4.78, 5) is 25.8. The molecule has 2 heterocycles. The van der Waals surface area contributed by atoms with Gasteiger partial charge in [-0.15, -0.1) is 0 Å². The lowest BCUT2D eigenvalue weighted by atomic mass is 10.1. The van der Waals surface area contributed by atoms with E-state index in [1.165, 1.54) is 0 Å². The van der Waals surface area contributed by atoms with Gasteiger partial charge in [-0.25, -0.2) is 0 Å². The van der Waals surface area contributed by atoms with Crippen molar-refractivity contribution in [3.63, 3.8) is 0 Å². The summed E-state index contributed by atoms with van der Waals surface area (Å²) in [6.45, 7) is 5.99. The van der Waals surface area contributed by atoms with E-state index in [2.05, 4.69) is 37.4 Å². The fraction of sp³-hybridized carbons (Fsp3) is 0.692. The molecule has 1 aliphatic heterocycles. The number of anilines is 2. The molecular formula is C13H21ClN6O. The van der Waals surface area contributed by atoms with Gasteiger partial charge in [0.2, 0.25) is 23.1 Å². The van der Waals surface area contributed by atoms with Gasteiger partial charge in [-0.2, -0.15) is 15.0 Å². The maximum atomic E-state index is 11.1. The quantitative estimate of drug-likeness (QED) is 0.856. The summed E-state index contributed by atoms with van der Waals surface area (Å²) >= 11 is 5.96. The van der Waals surface area contributed by atoms with E-state index in [1.807, 2.05) is 0 Å². The fourth-order valence-corrected chi connectivity index (χ4v) is 2.46. The van der Waals surface area contributed by atoms with Crippen LogP contribution in [0.1, 0.15) is 33.1 Å². The Labute approximate surface area is 129 Å². The smallest absolute Gasteiger partial charge is 0.231 e. The maximum absolute atomic E-state index is 11.1. The number of nitrogens with one attached hydrogen (secondary N) is 2. The second-order valence-corrected chi connectivity index (χ2v) is 5.45. The fourth-order valence-electron chi connectivity index (χ4n) is 2.31. The van der Waals surface area contributed by atoms with Crippen LogP contribution in [0.25, 0.3) is 0 Å². The first kappa shape index (κ1) is 15.8. The molecule has 1 saturated heterocycles. The standard InChI is InChI=1S/C13H21ClN6O/c1-3-6-15-12-17-11(14)18-13(19-12)20-7-4-10(5-8-20)16-9(2)21/h10H,3-8H2,1-2H3,(H,16,21)(H,15,17,18,19). The molecule has 116 valence electrons. The molecule has 0 saturated carbocycles. The first-order valence-corrected chi connectivity index (χ1v) is 7.63. The van der Waals surface area contributed by atoms with Crippen molar-refractivity contribution in [3.05, 3.63) is 5.28 Å². The Bertz CT molecular complexity index is 490. The molecule has 0 unspecified atom stereocenters. The van der Waals surface area contributed by atoms with Crippen molar-refractivity contribution < 1.29 is 4.79 Å². The molecule has 2 N–H and O–H groups in total. The molecule has 0 spiro atoms. The van der Waals surface area contributed by atoms with Crippen molar-refractivity contribution >= 4 is 29.4 Å². The summed E-state index contributed by atoms with van der Waals surface area (Å²) in [5.41, 5.74) is 0. The van der Waals surface area contributed by atoms with Gasteiger partial charge in [0.05, 0.1) is 0 Å². The average molecular weight is 313 g/mol.